The summed E-state index contributed by atoms with van der Waals surface area (Å²) in [5, 5.41) is 3.34. The van der Waals surface area contributed by atoms with Crippen molar-refractivity contribution in [2.45, 2.75) is 43.2 Å². The fourth-order valence-corrected chi connectivity index (χ4v) is 5.67. The first kappa shape index (κ1) is 21.2. The highest BCUT2D eigenvalue weighted by molar-refractivity contribution is 5.74. The van der Waals surface area contributed by atoms with Crippen molar-refractivity contribution in [3.8, 4) is 11.5 Å². The average Bonchev–Trinajstić information content (AvgIpc) is 3.11. The number of hydrogen-bond donors (Lipinski definition) is 1. The number of nitrogens with one attached hydrogen (secondary N) is 1. The van der Waals surface area contributed by atoms with Gasteiger partial charge >= 0.3 is 6.03 Å². The minimum Gasteiger partial charge on any atom is -0.493 e. The van der Waals surface area contributed by atoms with E-state index in [1.165, 1.54) is 5.56 Å². The van der Waals surface area contributed by atoms with Gasteiger partial charge in [0.1, 0.15) is 0 Å². The van der Waals surface area contributed by atoms with Crippen LogP contribution in [-0.4, -0.2) is 93.9 Å². The van der Waals surface area contributed by atoms with Crippen molar-refractivity contribution >= 4 is 6.03 Å². The third-order valence-electron chi connectivity index (χ3n) is 7.60. The summed E-state index contributed by atoms with van der Waals surface area (Å²) in [4.78, 5) is 19.5. The van der Waals surface area contributed by atoms with Gasteiger partial charge in [0, 0.05) is 43.7 Å². The molecule has 3 fully saturated rings. The molecule has 7 heteroatoms. The Kier molecular flexibility index (Phi) is 6.11. The number of carbonyl (C=O) groups is 1. The van der Waals surface area contributed by atoms with Gasteiger partial charge in [-0.3, -0.25) is 0 Å². The topological polar surface area (TPSA) is 57.3 Å². The number of ether oxygens (including phenoxy) is 2. The molecule has 4 rings (SSSR count). The molecule has 0 aromatic heterocycles. The lowest BCUT2D eigenvalue weighted by molar-refractivity contribution is 0.132. The number of piperazine rings is 1. The molecule has 0 unspecified atom stereocenters. The molecule has 7 nitrogen and oxygen atoms in total. The van der Waals surface area contributed by atoms with Gasteiger partial charge in [0.25, 0.3) is 0 Å². The highest BCUT2D eigenvalue weighted by atomic mass is 16.5. The van der Waals surface area contributed by atoms with Gasteiger partial charge in [-0.1, -0.05) is 6.07 Å². The molecule has 2 heterocycles. The molecule has 0 bridgehead atoms. The Labute approximate surface area is 180 Å². The zero-order valence-corrected chi connectivity index (χ0v) is 18.8. The summed E-state index contributed by atoms with van der Waals surface area (Å²) in [6.07, 6.45) is 4.22. The van der Waals surface area contributed by atoms with E-state index >= 15 is 0 Å². The molecule has 3 aliphatic rings. The van der Waals surface area contributed by atoms with Crippen molar-refractivity contribution in [1.29, 1.82) is 0 Å². The maximum Gasteiger partial charge on any atom is 0.317 e. The lowest BCUT2D eigenvalue weighted by Crippen LogP contribution is -2.56. The number of carbonyl (C=O) groups excluding carboxylic acids is 1. The van der Waals surface area contributed by atoms with Crippen LogP contribution in [0.25, 0.3) is 0 Å². The fourth-order valence-electron chi connectivity index (χ4n) is 5.67. The van der Waals surface area contributed by atoms with E-state index < -0.39 is 0 Å². The zero-order valence-electron chi connectivity index (χ0n) is 18.8. The Morgan fingerprint density at radius 1 is 1.03 bits per heavy atom. The molecule has 1 N–H and O–H groups in total. The lowest BCUT2D eigenvalue weighted by Gasteiger charge is -2.45. The summed E-state index contributed by atoms with van der Waals surface area (Å²) in [5.74, 6) is 1.57. The number of methoxy groups -OCH3 is 2. The number of urea groups is 1. The summed E-state index contributed by atoms with van der Waals surface area (Å²) in [5.41, 5.74) is 1.45. The van der Waals surface area contributed by atoms with E-state index in [4.69, 9.17) is 9.47 Å². The van der Waals surface area contributed by atoms with Crippen molar-refractivity contribution in [2.24, 2.45) is 0 Å². The van der Waals surface area contributed by atoms with Crippen LogP contribution in [0.15, 0.2) is 18.2 Å². The number of amides is 2. The first-order chi connectivity index (χ1) is 14.5. The summed E-state index contributed by atoms with van der Waals surface area (Å²) < 4.78 is 11.0. The Morgan fingerprint density at radius 2 is 1.77 bits per heavy atom. The number of likely N-dealkylation sites (tertiary alicyclic amines) is 1. The van der Waals surface area contributed by atoms with E-state index in [1.54, 1.807) is 14.2 Å². The third kappa shape index (κ3) is 3.85. The van der Waals surface area contributed by atoms with Crippen molar-refractivity contribution in [3.63, 3.8) is 0 Å². The Bertz CT molecular complexity index is 765. The number of rotatable bonds is 4. The van der Waals surface area contributed by atoms with E-state index in [-0.39, 0.29) is 17.5 Å². The molecular weight excluding hydrogens is 380 g/mol. The summed E-state index contributed by atoms with van der Waals surface area (Å²) in [7, 11) is 7.70. The van der Waals surface area contributed by atoms with Gasteiger partial charge in [0.15, 0.2) is 11.5 Å². The maximum absolute atomic E-state index is 12.8. The van der Waals surface area contributed by atoms with E-state index in [9.17, 15) is 4.79 Å². The highest BCUT2D eigenvalue weighted by Gasteiger charge is 2.50. The quantitative estimate of drug-likeness (QED) is 0.815. The predicted octanol–water partition coefficient (Wildman–Crippen LogP) is 2.16. The van der Waals surface area contributed by atoms with E-state index in [0.29, 0.717) is 6.04 Å². The van der Waals surface area contributed by atoms with E-state index in [1.807, 2.05) is 11.0 Å². The largest absolute Gasteiger partial charge is 0.493 e. The number of hydrogen-bond acceptors (Lipinski definition) is 5. The number of likely N-dealkylation sites (N-methyl/N-ethyl adjacent to an activating group) is 2. The first-order valence-corrected chi connectivity index (χ1v) is 11.1. The van der Waals surface area contributed by atoms with Crippen molar-refractivity contribution in [2.75, 3.05) is 61.0 Å². The molecule has 1 aromatic carbocycles. The second-order valence-corrected chi connectivity index (χ2v) is 9.18. The van der Waals surface area contributed by atoms with E-state index in [0.717, 1.165) is 69.9 Å². The average molecular weight is 417 g/mol. The fraction of sp³-hybridized carbons (Fsp3) is 0.696. The van der Waals surface area contributed by atoms with Crippen LogP contribution < -0.4 is 14.8 Å². The lowest BCUT2D eigenvalue weighted by atomic mass is 9.65. The second-order valence-electron chi connectivity index (χ2n) is 9.18. The van der Waals surface area contributed by atoms with Gasteiger partial charge in [-0.05, 0) is 64.0 Å². The molecule has 1 aliphatic carbocycles. The molecule has 3 atom stereocenters. The molecule has 2 amide bonds. The standard InChI is InChI=1S/C23H36N4O3/c1-25-11-13-27(14-12-25)22(28)24-18-7-8-23(9-10-26(2)21(23)16-18)17-5-6-19(29-3)20(15-17)30-4/h5-6,15,18,21H,7-14,16H2,1-4H3,(H,24,28)/t18-,21+,23-/m0/s1. The van der Waals surface area contributed by atoms with Crippen molar-refractivity contribution in [1.82, 2.24) is 20.0 Å². The van der Waals surface area contributed by atoms with Crippen molar-refractivity contribution in [3.05, 3.63) is 23.8 Å². The third-order valence-corrected chi connectivity index (χ3v) is 7.60. The van der Waals surface area contributed by atoms with Gasteiger partial charge < -0.3 is 29.5 Å². The molecule has 1 saturated carbocycles. The number of benzene rings is 1. The van der Waals surface area contributed by atoms with Crippen LogP contribution >= 0.6 is 0 Å². The minimum absolute atomic E-state index is 0.104. The maximum atomic E-state index is 12.8. The number of nitrogens with zero attached hydrogens (tertiary/aromatic N) is 3. The van der Waals surface area contributed by atoms with Crippen LogP contribution in [0.3, 0.4) is 0 Å². The Hall–Kier alpha value is -1.99. The van der Waals surface area contributed by atoms with Gasteiger partial charge in [-0.25, -0.2) is 4.79 Å². The van der Waals surface area contributed by atoms with Crippen LogP contribution in [0.1, 0.15) is 31.2 Å². The van der Waals surface area contributed by atoms with Crippen molar-refractivity contribution < 1.29 is 14.3 Å². The Balaban J connectivity index is 1.48. The number of fused-ring (bicyclic) bond motifs is 1. The highest BCUT2D eigenvalue weighted by Crippen LogP contribution is 2.49. The molecule has 0 radical (unpaired) electrons. The molecule has 30 heavy (non-hydrogen) atoms. The van der Waals surface area contributed by atoms with Crippen LogP contribution in [0.4, 0.5) is 4.79 Å². The molecular formula is C23H36N4O3. The predicted molar refractivity (Wildman–Crippen MR) is 117 cm³/mol. The second kappa shape index (κ2) is 8.63. The minimum atomic E-state index is 0.104. The smallest absolute Gasteiger partial charge is 0.317 e. The summed E-state index contributed by atoms with van der Waals surface area (Å²) >= 11 is 0. The molecule has 2 aliphatic heterocycles. The summed E-state index contributed by atoms with van der Waals surface area (Å²) in [6, 6.07) is 7.15. The van der Waals surface area contributed by atoms with Crippen LogP contribution in [0.2, 0.25) is 0 Å². The first-order valence-electron chi connectivity index (χ1n) is 11.1. The van der Waals surface area contributed by atoms with Gasteiger partial charge in [0.05, 0.1) is 14.2 Å². The molecule has 1 aromatic rings. The van der Waals surface area contributed by atoms with E-state index in [2.05, 4.69) is 41.3 Å². The summed E-state index contributed by atoms with van der Waals surface area (Å²) in [6.45, 7) is 4.61. The van der Waals surface area contributed by atoms with Gasteiger partial charge in [-0.2, -0.15) is 0 Å². The van der Waals surface area contributed by atoms with Gasteiger partial charge in [0.2, 0.25) is 0 Å². The normalized spacial score (nSPS) is 30.1. The molecule has 0 spiro atoms. The molecule has 166 valence electrons. The Morgan fingerprint density at radius 3 is 2.47 bits per heavy atom. The monoisotopic (exact) mass is 416 g/mol. The van der Waals surface area contributed by atoms with Crippen LogP contribution in [0, 0.1) is 0 Å². The van der Waals surface area contributed by atoms with Crippen LogP contribution in [-0.2, 0) is 5.41 Å². The zero-order chi connectivity index (χ0) is 21.3. The van der Waals surface area contributed by atoms with Crippen LogP contribution in [0.5, 0.6) is 11.5 Å². The SMILES string of the molecule is COc1ccc([C@@]23CC[C@H](NC(=O)N4CCN(C)CC4)C[C@H]2N(C)CC3)cc1OC. The molecule has 2 saturated heterocycles. The van der Waals surface area contributed by atoms with Gasteiger partial charge in [-0.15, -0.1) is 0 Å².